The van der Waals surface area contributed by atoms with Crippen LogP contribution in [0.1, 0.15) is 20.8 Å². The van der Waals surface area contributed by atoms with Crippen LogP contribution in [0.3, 0.4) is 0 Å². The lowest BCUT2D eigenvalue weighted by atomic mass is 10.0. The van der Waals surface area contributed by atoms with Crippen molar-refractivity contribution in [2.45, 2.75) is 11.8 Å². The molecule has 0 amide bonds. The van der Waals surface area contributed by atoms with Crippen molar-refractivity contribution < 1.29 is 13.2 Å². The fourth-order valence-corrected chi connectivity index (χ4v) is 3.57. The van der Waals surface area contributed by atoms with Gasteiger partial charge >= 0.3 is 0 Å². The monoisotopic (exact) mass is 281 g/mol. The van der Waals surface area contributed by atoms with Crippen LogP contribution >= 0.6 is 11.3 Å². The van der Waals surface area contributed by atoms with E-state index in [1.165, 1.54) is 6.07 Å². The lowest BCUT2D eigenvalue weighted by Gasteiger charge is -2.04. The Labute approximate surface area is 109 Å². The van der Waals surface area contributed by atoms with E-state index in [4.69, 9.17) is 5.14 Å². The molecule has 0 saturated heterocycles. The van der Waals surface area contributed by atoms with Crippen LogP contribution in [-0.4, -0.2) is 14.2 Å². The molecule has 0 bridgehead atoms. The molecule has 18 heavy (non-hydrogen) atoms. The molecule has 0 radical (unpaired) electrons. The van der Waals surface area contributed by atoms with Crippen molar-refractivity contribution in [2.75, 3.05) is 0 Å². The number of primary sulfonamides is 1. The van der Waals surface area contributed by atoms with Gasteiger partial charge in [-0.25, -0.2) is 13.6 Å². The number of hydrogen-bond donors (Lipinski definition) is 1. The first-order valence-electron chi connectivity index (χ1n) is 5.12. The molecule has 2 rings (SSSR count). The highest BCUT2D eigenvalue weighted by Gasteiger charge is 2.22. The van der Waals surface area contributed by atoms with E-state index in [2.05, 4.69) is 0 Å². The first-order valence-corrected chi connectivity index (χ1v) is 7.54. The van der Waals surface area contributed by atoms with E-state index in [0.29, 0.717) is 5.56 Å². The molecule has 2 aromatic rings. The second kappa shape index (κ2) is 4.64. The van der Waals surface area contributed by atoms with Crippen molar-refractivity contribution in [3.05, 3.63) is 51.7 Å². The van der Waals surface area contributed by atoms with Gasteiger partial charge < -0.3 is 0 Å². The van der Waals surface area contributed by atoms with Gasteiger partial charge in [0.25, 0.3) is 0 Å². The Morgan fingerprint density at radius 3 is 2.50 bits per heavy atom. The van der Waals surface area contributed by atoms with Crippen LogP contribution < -0.4 is 5.14 Å². The first kappa shape index (κ1) is 12.9. The van der Waals surface area contributed by atoms with Gasteiger partial charge in [0.15, 0.2) is 0 Å². The minimum atomic E-state index is -3.87. The molecular formula is C12H11NO3S2. The Kier molecular flexibility index (Phi) is 3.34. The van der Waals surface area contributed by atoms with Crippen molar-refractivity contribution >= 4 is 27.1 Å². The molecule has 94 valence electrons. The van der Waals surface area contributed by atoms with E-state index in [0.717, 1.165) is 16.9 Å². The zero-order chi connectivity index (χ0) is 13.3. The number of carbonyl (C=O) groups is 1. The van der Waals surface area contributed by atoms with Gasteiger partial charge in [-0.05, 0) is 23.9 Å². The van der Waals surface area contributed by atoms with E-state index in [1.807, 2.05) is 6.07 Å². The topological polar surface area (TPSA) is 77.2 Å². The Morgan fingerprint density at radius 1 is 1.22 bits per heavy atom. The number of sulfonamides is 1. The van der Waals surface area contributed by atoms with Crippen LogP contribution in [0, 0.1) is 6.92 Å². The van der Waals surface area contributed by atoms with Gasteiger partial charge in [-0.3, -0.25) is 4.79 Å². The third-order valence-electron chi connectivity index (χ3n) is 2.53. The summed E-state index contributed by atoms with van der Waals surface area (Å²) in [7, 11) is -3.87. The SMILES string of the molecule is Cc1ccccc1C(=O)c1sccc1S(N)(=O)=O. The molecule has 0 aliphatic rings. The molecule has 6 heteroatoms. The maximum Gasteiger partial charge on any atom is 0.239 e. The molecule has 1 heterocycles. The fraction of sp³-hybridized carbons (Fsp3) is 0.0833. The number of benzene rings is 1. The summed E-state index contributed by atoms with van der Waals surface area (Å²) < 4.78 is 22.7. The van der Waals surface area contributed by atoms with Crippen LogP contribution in [0.15, 0.2) is 40.6 Å². The lowest BCUT2D eigenvalue weighted by molar-refractivity contribution is 0.103. The van der Waals surface area contributed by atoms with Crippen molar-refractivity contribution in [2.24, 2.45) is 5.14 Å². The van der Waals surface area contributed by atoms with Gasteiger partial charge in [-0.15, -0.1) is 11.3 Å². The highest BCUT2D eigenvalue weighted by molar-refractivity contribution is 7.89. The van der Waals surface area contributed by atoms with E-state index in [1.54, 1.807) is 30.5 Å². The number of carbonyl (C=O) groups excluding carboxylic acids is 1. The Hall–Kier alpha value is -1.50. The summed E-state index contributed by atoms with van der Waals surface area (Å²) in [6.45, 7) is 1.80. The van der Waals surface area contributed by atoms with Gasteiger partial charge in [-0.2, -0.15) is 0 Å². The largest absolute Gasteiger partial charge is 0.288 e. The molecule has 2 N–H and O–H groups in total. The fourth-order valence-electron chi connectivity index (χ4n) is 1.64. The molecule has 0 atom stereocenters. The molecule has 4 nitrogen and oxygen atoms in total. The number of aryl methyl sites for hydroxylation is 1. The van der Waals surface area contributed by atoms with E-state index < -0.39 is 10.0 Å². The van der Waals surface area contributed by atoms with E-state index in [9.17, 15) is 13.2 Å². The summed E-state index contributed by atoms with van der Waals surface area (Å²) in [6.07, 6.45) is 0. The Balaban J connectivity index is 2.55. The number of ketones is 1. The second-order valence-electron chi connectivity index (χ2n) is 3.80. The summed E-state index contributed by atoms with van der Waals surface area (Å²) in [6, 6.07) is 8.39. The number of rotatable bonds is 3. The summed E-state index contributed by atoms with van der Waals surface area (Å²) in [4.78, 5) is 12.3. The smallest absolute Gasteiger partial charge is 0.239 e. The standard InChI is InChI=1S/C12H11NO3S2/c1-8-4-2-3-5-9(8)11(14)12-10(6-7-17-12)18(13,15)16/h2-7H,1H3,(H2,13,15,16). The molecule has 0 fully saturated rings. The Bertz CT molecular complexity index is 702. The van der Waals surface area contributed by atoms with Crippen molar-refractivity contribution in [3.8, 4) is 0 Å². The first-order chi connectivity index (χ1) is 8.41. The summed E-state index contributed by atoms with van der Waals surface area (Å²) in [5.41, 5.74) is 1.29. The molecule has 1 aromatic heterocycles. The number of thiophene rings is 1. The van der Waals surface area contributed by atoms with Crippen molar-refractivity contribution in [1.82, 2.24) is 0 Å². The minimum absolute atomic E-state index is 0.110. The van der Waals surface area contributed by atoms with Crippen LogP contribution in [0.5, 0.6) is 0 Å². The van der Waals surface area contributed by atoms with Crippen LogP contribution in [0.2, 0.25) is 0 Å². The van der Waals surface area contributed by atoms with Gasteiger partial charge in [0.2, 0.25) is 15.8 Å². The third-order valence-corrected chi connectivity index (χ3v) is 4.53. The molecular weight excluding hydrogens is 270 g/mol. The van der Waals surface area contributed by atoms with Crippen molar-refractivity contribution in [3.63, 3.8) is 0 Å². The maximum absolute atomic E-state index is 12.3. The van der Waals surface area contributed by atoms with Crippen LogP contribution in [0.25, 0.3) is 0 Å². The highest BCUT2D eigenvalue weighted by atomic mass is 32.2. The van der Waals surface area contributed by atoms with Gasteiger partial charge in [0.1, 0.15) is 4.90 Å². The molecule has 0 spiro atoms. The predicted octanol–water partition coefficient (Wildman–Crippen LogP) is 1.93. The van der Waals surface area contributed by atoms with E-state index in [-0.39, 0.29) is 15.6 Å². The van der Waals surface area contributed by atoms with Gasteiger partial charge in [0.05, 0.1) is 4.88 Å². The molecule has 0 unspecified atom stereocenters. The average molecular weight is 281 g/mol. The van der Waals surface area contributed by atoms with Crippen LogP contribution in [0.4, 0.5) is 0 Å². The summed E-state index contributed by atoms with van der Waals surface area (Å²) in [5.74, 6) is -0.313. The molecule has 0 saturated carbocycles. The quantitative estimate of drug-likeness (QED) is 0.873. The van der Waals surface area contributed by atoms with Gasteiger partial charge in [0, 0.05) is 5.56 Å². The second-order valence-corrected chi connectivity index (χ2v) is 6.25. The Morgan fingerprint density at radius 2 is 1.89 bits per heavy atom. The average Bonchev–Trinajstić information content (AvgIpc) is 2.77. The molecule has 1 aromatic carbocycles. The zero-order valence-electron chi connectivity index (χ0n) is 9.58. The molecule has 0 aliphatic heterocycles. The summed E-state index contributed by atoms with van der Waals surface area (Å²) in [5, 5.41) is 6.63. The predicted molar refractivity (Wildman–Crippen MR) is 70.3 cm³/mol. The normalized spacial score (nSPS) is 11.4. The highest BCUT2D eigenvalue weighted by Crippen LogP contribution is 2.25. The van der Waals surface area contributed by atoms with Crippen molar-refractivity contribution in [1.29, 1.82) is 0 Å². The lowest BCUT2D eigenvalue weighted by Crippen LogP contribution is -2.15. The minimum Gasteiger partial charge on any atom is -0.288 e. The zero-order valence-corrected chi connectivity index (χ0v) is 11.2. The van der Waals surface area contributed by atoms with Crippen LogP contribution in [-0.2, 0) is 10.0 Å². The van der Waals surface area contributed by atoms with E-state index >= 15 is 0 Å². The molecule has 0 aliphatic carbocycles. The third kappa shape index (κ3) is 2.35. The van der Waals surface area contributed by atoms with Gasteiger partial charge in [-0.1, -0.05) is 24.3 Å². The summed E-state index contributed by atoms with van der Waals surface area (Å²) >= 11 is 1.08. The number of hydrogen-bond acceptors (Lipinski definition) is 4. The maximum atomic E-state index is 12.3. The number of nitrogens with two attached hydrogens (primary N) is 1.